The Morgan fingerprint density at radius 3 is 2.59 bits per heavy atom. The van der Waals surface area contributed by atoms with Gasteiger partial charge in [-0.1, -0.05) is 18.2 Å². The van der Waals surface area contributed by atoms with Gasteiger partial charge < -0.3 is 14.4 Å². The number of para-hydroxylation sites is 1. The first kappa shape index (κ1) is 18.1. The smallest absolute Gasteiger partial charge is 0.254 e. The maximum absolute atomic E-state index is 13.0. The Bertz CT molecular complexity index is 1090. The van der Waals surface area contributed by atoms with E-state index in [4.69, 9.17) is 4.98 Å². The van der Waals surface area contributed by atoms with Gasteiger partial charge in [0.2, 0.25) is 0 Å². The molecular weight excluding hydrogens is 380 g/mol. The summed E-state index contributed by atoms with van der Waals surface area (Å²) >= 11 is 1.78. The van der Waals surface area contributed by atoms with Gasteiger partial charge in [-0.2, -0.15) is 0 Å². The summed E-state index contributed by atoms with van der Waals surface area (Å²) in [6.07, 6.45) is 3.99. The van der Waals surface area contributed by atoms with Crippen LogP contribution >= 0.6 is 11.3 Å². The first-order valence-electron chi connectivity index (χ1n) is 9.97. The van der Waals surface area contributed by atoms with Gasteiger partial charge in [0.1, 0.15) is 11.6 Å². The van der Waals surface area contributed by atoms with E-state index in [9.17, 15) is 4.79 Å². The molecule has 5 rings (SSSR count). The number of amides is 1. The Hall–Kier alpha value is -2.96. The van der Waals surface area contributed by atoms with Crippen molar-refractivity contribution in [3.05, 3.63) is 83.6 Å². The van der Waals surface area contributed by atoms with E-state index in [2.05, 4.69) is 18.2 Å². The third-order valence-electron chi connectivity index (χ3n) is 5.49. The molecule has 2 aromatic heterocycles. The minimum Gasteiger partial charge on any atom is -0.327 e. The number of piperazine rings is 1. The number of carbonyl (C=O) groups is 1. The molecule has 4 aromatic rings. The van der Waals surface area contributed by atoms with Crippen molar-refractivity contribution in [2.24, 2.45) is 0 Å². The molecule has 6 heteroatoms. The summed E-state index contributed by atoms with van der Waals surface area (Å²) in [6.45, 7) is 4.42. The van der Waals surface area contributed by atoms with E-state index in [1.807, 2.05) is 64.3 Å². The lowest BCUT2D eigenvalue weighted by Crippen LogP contribution is -3.13. The summed E-state index contributed by atoms with van der Waals surface area (Å²) in [5, 5.41) is 1.18. The Kier molecular flexibility index (Phi) is 4.87. The van der Waals surface area contributed by atoms with E-state index < -0.39 is 0 Å². The fourth-order valence-corrected chi connectivity index (χ4v) is 4.94. The fraction of sp³-hybridized carbons (Fsp3) is 0.217. The monoisotopic (exact) mass is 403 g/mol. The number of nitrogens with zero attached hydrogens (tertiary/aromatic N) is 3. The summed E-state index contributed by atoms with van der Waals surface area (Å²) < 4.78 is 3.27. The van der Waals surface area contributed by atoms with Crippen molar-refractivity contribution in [1.29, 1.82) is 0 Å². The molecule has 0 spiro atoms. The van der Waals surface area contributed by atoms with Gasteiger partial charge in [0, 0.05) is 23.6 Å². The van der Waals surface area contributed by atoms with Gasteiger partial charge in [0.25, 0.3) is 5.91 Å². The van der Waals surface area contributed by atoms with Crippen molar-refractivity contribution in [2.75, 3.05) is 26.2 Å². The van der Waals surface area contributed by atoms with Crippen LogP contribution in [-0.2, 0) is 6.54 Å². The van der Waals surface area contributed by atoms with Crippen LogP contribution in [0.1, 0.15) is 15.4 Å². The van der Waals surface area contributed by atoms with Crippen molar-refractivity contribution in [3.8, 4) is 5.69 Å². The van der Waals surface area contributed by atoms with Crippen molar-refractivity contribution in [1.82, 2.24) is 14.5 Å². The maximum Gasteiger partial charge on any atom is 0.254 e. The molecular formula is C23H23N4OS+. The zero-order chi connectivity index (χ0) is 19.6. The topological polar surface area (TPSA) is 42.6 Å². The number of hydrogen-bond donors (Lipinski definition) is 1. The first-order valence-corrected chi connectivity index (χ1v) is 10.8. The molecule has 1 aliphatic heterocycles. The van der Waals surface area contributed by atoms with Crippen LogP contribution in [0, 0.1) is 0 Å². The predicted molar refractivity (Wildman–Crippen MR) is 116 cm³/mol. The Morgan fingerprint density at radius 2 is 1.79 bits per heavy atom. The lowest BCUT2D eigenvalue weighted by atomic mass is 10.1. The summed E-state index contributed by atoms with van der Waals surface area (Å²) in [5.74, 6) is 0.123. The van der Waals surface area contributed by atoms with E-state index in [1.165, 1.54) is 14.6 Å². The Balaban J connectivity index is 1.22. The minimum atomic E-state index is 0.123. The molecule has 29 heavy (non-hydrogen) atoms. The number of fused-ring (bicyclic) bond motifs is 1. The standard InChI is InChI=1S/C23H22N4OS/c28-23(18-6-5-7-19(16-18)26-10-3-4-11-26)27-14-12-25(13-15-27)17-22-24-20-8-1-2-9-21(20)29-22/h1-11,16H,12-15,17H2/p+1. The third-order valence-corrected chi connectivity index (χ3v) is 6.53. The van der Waals surface area contributed by atoms with Gasteiger partial charge >= 0.3 is 0 Å². The molecule has 2 aromatic carbocycles. The average molecular weight is 404 g/mol. The second-order valence-corrected chi connectivity index (χ2v) is 8.55. The largest absolute Gasteiger partial charge is 0.327 e. The molecule has 3 heterocycles. The second kappa shape index (κ2) is 7.81. The van der Waals surface area contributed by atoms with Crippen molar-refractivity contribution < 1.29 is 9.69 Å². The molecule has 1 fully saturated rings. The average Bonchev–Trinajstić information content (AvgIpc) is 3.43. The zero-order valence-electron chi connectivity index (χ0n) is 16.1. The normalized spacial score (nSPS) is 15.1. The number of thiazole rings is 1. The van der Waals surface area contributed by atoms with Crippen molar-refractivity contribution in [2.45, 2.75) is 6.54 Å². The molecule has 0 saturated carbocycles. The number of quaternary nitrogens is 1. The minimum absolute atomic E-state index is 0.123. The molecule has 5 nitrogen and oxygen atoms in total. The Morgan fingerprint density at radius 1 is 1.00 bits per heavy atom. The van der Waals surface area contributed by atoms with Crippen LogP contribution in [0.4, 0.5) is 0 Å². The SMILES string of the molecule is O=C(c1cccc(-n2cccc2)c1)N1CC[NH+](Cc2nc3ccccc3s2)CC1. The Labute approximate surface area is 173 Å². The number of carbonyl (C=O) groups excluding carboxylic acids is 1. The van der Waals surface area contributed by atoms with E-state index in [-0.39, 0.29) is 5.91 Å². The van der Waals surface area contributed by atoms with Crippen LogP contribution in [0.25, 0.3) is 15.9 Å². The summed E-state index contributed by atoms with van der Waals surface area (Å²) in [7, 11) is 0. The summed E-state index contributed by atoms with van der Waals surface area (Å²) in [5.41, 5.74) is 2.86. The van der Waals surface area contributed by atoms with E-state index >= 15 is 0 Å². The lowest BCUT2D eigenvalue weighted by Gasteiger charge is -2.32. The molecule has 1 amide bonds. The highest BCUT2D eigenvalue weighted by Crippen LogP contribution is 2.21. The molecule has 0 atom stereocenters. The number of nitrogens with one attached hydrogen (secondary N) is 1. The number of benzene rings is 2. The van der Waals surface area contributed by atoms with E-state index in [0.717, 1.165) is 49.5 Å². The highest BCUT2D eigenvalue weighted by atomic mass is 32.1. The molecule has 1 N–H and O–H groups in total. The van der Waals surface area contributed by atoms with Crippen LogP contribution < -0.4 is 4.90 Å². The molecule has 0 radical (unpaired) electrons. The van der Waals surface area contributed by atoms with Crippen LogP contribution in [0.2, 0.25) is 0 Å². The summed E-state index contributed by atoms with van der Waals surface area (Å²) in [6, 6.07) is 20.1. The van der Waals surface area contributed by atoms with E-state index in [0.29, 0.717) is 0 Å². The zero-order valence-corrected chi connectivity index (χ0v) is 16.9. The maximum atomic E-state index is 13.0. The molecule has 0 unspecified atom stereocenters. The summed E-state index contributed by atoms with van der Waals surface area (Å²) in [4.78, 5) is 21.2. The van der Waals surface area contributed by atoms with Gasteiger partial charge in [-0.15, -0.1) is 11.3 Å². The van der Waals surface area contributed by atoms with Crippen LogP contribution in [0.5, 0.6) is 0 Å². The van der Waals surface area contributed by atoms with Gasteiger partial charge in [0.15, 0.2) is 0 Å². The first-order chi connectivity index (χ1) is 14.3. The highest BCUT2D eigenvalue weighted by molar-refractivity contribution is 7.18. The van der Waals surface area contributed by atoms with Crippen LogP contribution in [0.3, 0.4) is 0 Å². The lowest BCUT2D eigenvalue weighted by molar-refractivity contribution is -0.917. The number of rotatable bonds is 4. The number of hydrogen-bond acceptors (Lipinski definition) is 3. The van der Waals surface area contributed by atoms with Crippen LogP contribution in [-0.4, -0.2) is 46.5 Å². The van der Waals surface area contributed by atoms with Gasteiger partial charge in [-0.3, -0.25) is 4.79 Å². The molecule has 0 aliphatic carbocycles. The quantitative estimate of drug-likeness (QED) is 0.569. The number of aromatic nitrogens is 2. The van der Waals surface area contributed by atoms with Crippen molar-refractivity contribution in [3.63, 3.8) is 0 Å². The van der Waals surface area contributed by atoms with Crippen LogP contribution in [0.15, 0.2) is 73.1 Å². The van der Waals surface area contributed by atoms with Gasteiger partial charge in [0.05, 0.1) is 36.4 Å². The van der Waals surface area contributed by atoms with E-state index in [1.54, 1.807) is 11.3 Å². The fourth-order valence-electron chi connectivity index (χ4n) is 3.90. The molecule has 146 valence electrons. The van der Waals surface area contributed by atoms with Gasteiger partial charge in [-0.25, -0.2) is 4.98 Å². The molecule has 0 bridgehead atoms. The predicted octanol–water partition coefficient (Wildman–Crippen LogP) is 2.63. The third kappa shape index (κ3) is 3.81. The molecule has 1 saturated heterocycles. The highest BCUT2D eigenvalue weighted by Gasteiger charge is 2.25. The van der Waals surface area contributed by atoms with Crippen molar-refractivity contribution >= 4 is 27.5 Å². The second-order valence-electron chi connectivity index (χ2n) is 7.43. The van der Waals surface area contributed by atoms with Gasteiger partial charge in [-0.05, 0) is 42.5 Å². The molecule has 1 aliphatic rings.